The van der Waals surface area contributed by atoms with E-state index in [9.17, 15) is 9.59 Å². The van der Waals surface area contributed by atoms with E-state index < -0.39 is 28.6 Å². The van der Waals surface area contributed by atoms with E-state index in [1.807, 2.05) is 0 Å². The van der Waals surface area contributed by atoms with E-state index in [1.54, 1.807) is 49.4 Å². The summed E-state index contributed by atoms with van der Waals surface area (Å²) in [5.41, 5.74) is -0.188. The van der Waals surface area contributed by atoms with Crippen LogP contribution in [0.3, 0.4) is 0 Å². The number of likely N-dealkylation sites (N-methyl/N-ethyl adjacent to an activating group) is 1. The molecule has 29 heavy (non-hydrogen) atoms. The van der Waals surface area contributed by atoms with Gasteiger partial charge in [0.1, 0.15) is 5.58 Å². The molecular formula is C22H19F2NO3S. The molecule has 1 atom stereocenters. The van der Waals surface area contributed by atoms with E-state index in [2.05, 4.69) is 0 Å². The zero-order valence-corrected chi connectivity index (χ0v) is 17.0. The van der Waals surface area contributed by atoms with E-state index in [0.717, 1.165) is 5.56 Å². The maximum absolute atomic E-state index is 15.1. The summed E-state index contributed by atoms with van der Waals surface area (Å²) in [6.07, 6.45) is -0.681. The number of rotatable bonds is 4. The van der Waals surface area contributed by atoms with Gasteiger partial charge in [0.2, 0.25) is 5.91 Å². The van der Waals surface area contributed by atoms with Gasteiger partial charge in [0.15, 0.2) is 0 Å². The summed E-state index contributed by atoms with van der Waals surface area (Å²) >= 11 is 0.441. The molecule has 0 spiro atoms. The van der Waals surface area contributed by atoms with Crippen molar-refractivity contribution in [3.05, 3.63) is 70.1 Å². The summed E-state index contributed by atoms with van der Waals surface area (Å²) < 4.78 is 35.5. The zero-order valence-electron chi connectivity index (χ0n) is 16.2. The van der Waals surface area contributed by atoms with Gasteiger partial charge in [0, 0.05) is 29.8 Å². The lowest BCUT2D eigenvalue weighted by atomic mass is 9.73. The Bertz CT molecular complexity index is 1180. The molecule has 0 radical (unpaired) electrons. The molecule has 2 heterocycles. The number of aryl methyl sites for hydroxylation is 1. The second-order valence-corrected chi connectivity index (χ2v) is 8.83. The highest BCUT2D eigenvalue weighted by atomic mass is 32.2. The van der Waals surface area contributed by atoms with Gasteiger partial charge < -0.3 is 9.32 Å². The Morgan fingerprint density at radius 1 is 1.14 bits per heavy atom. The molecule has 150 valence electrons. The maximum atomic E-state index is 15.1. The first-order chi connectivity index (χ1) is 13.6. The van der Waals surface area contributed by atoms with Crippen LogP contribution < -0.4 is 10.5 Å². The average Bonchev–Trinajstić information content (AvgIpc) is 2.64. The predicted octanol–water partition coefficient (Wildman–Crippen LogP) is 5.11. The second kappa shape index (κ2) is 6.69. The first-order valence-corrected chi connectivity index (χ1v) is 9.91. The van der Waals surface area contributed by atoms with Crippen LogP contribution in [0.5, 0.6) is 0 Å². The molecule has 1 unspecified atom stereocenters. The number of benzene rings is 2. The maximum Gasteiger partial charge on any atom is 0.338 e. The molecule has 0 N–H and O–H groups in total. The van der Waals surface area contributed by atoms with Crippen LogP contribution in [0.2, 0.25) is 0 Å². The molecule has 1 aliphatic heterocycles. The topological polar surface area (TPSA) is 50.5 Å². The first kappa shape index (κ1) is 19.6. The standard InChI is InChI=1S/C22H19F2NO3S/c1-13-9-15-19-16(11-18(26)28-17(19)10-13)25(3)20(27)21(15,2)12-22(23,24)29-14-7-5-4-6-8-14/h4-11H,12H2,1-3H3. The van der Waals surface area contributed by atoms with Crippen LogP contribution in [0.1, 0.15) is 24.5 Å². The second-order valence-electron chi connectivity index (χ2n) is 7.56. The minimum Gasteiger partial charge on any atom is -0.423 e. The van der Waals surface area contributed by atoms with Gasteiger partial charge in [0.25, 0.3) is 5.25 Å². The fourth-order valence-corrected chi connectivity index (χ4v) is 4.99. The molecule has 4 rings (SSSR count). The van der Waals surface area contributed by atoms with E-state index in [4.69, 9.17) is 4.42 Å². The summed E-state index contributed by atoms with van der Waals surface area (Å²) in [6.45, 7) is 3.32. The lowest BCUT2D eigenvalue weighted by molar-refractivity contribution is -0.125. The van der Waals surface area contributed by atoms with Crippen LogP contribution >= 0.6 is 11.8 Å². The van der Waals surface area contributed by atoms with E-state index in [1.165, 1.54) is 24.9 Å². The van der Waals surface area contributed by atoms with Crippen LogP contribution in [0, 0.1) is 6.92 Å². The quantitative estimate of drug-likeness (QED) is 0.439. The van der Waals surface area contributed by atoms with Gasteiger partial charge in [-0.25, -0.2) is 4.79 Å². The Kier molecular flexibility index (Phi) is 4.53. The van der Waals surface area contributed by atoms with E-state index >= 15 is 8.78 Å². The zero-order chi connectivity index (χ0) is 21.0. The van der Waals surface area contributed by atoms with Crippen molar-refractivity contribution < 1.29 is 18.0 Å². The summed E-state index contributed by atoms with van der Waals surface area (Å²) in [5.74, 6) is -0.476. The summed E-state index contributed by atoms with van der Waals surface area (Å²) in [4.78, 5) is 26.9. The Morgan fingerprint density at radius 2 is 1.83 bits per heavy atom. The minimum absolute atomic E-state index is 0.298. The van der Waals surface area contributed by atoms with Crippen molar-refractivity contribution in [2.45, 2.75) is 35.8 Å². The van der Waals surface area contributed by atoms with Gasteiger partial charge in [-0.3, -0.25) is 4.79 Å². The fraction of sp³-hybridized carbons (Fsp3) is 0.273. The number of nitrogens with zero attached hydrogens (tertiary/aromatic N) is 1. The van der Waals surface area contributed by atoms with Gasteiger partial charge in [-0.15, -0.1) is 0 Å². The fourth-order valence-electron chi connectivity index (χ4n) is 3.99. The Hall–Kier alpha value is -2.67. The van der Waals surface area contributed by atoms with Gasteiger partial charge in [-0.2, -0.15) is 8.78 Å². The molecule has 1 aliphatic rings. The summed E-state index contributed by atoms with van der Waals surface area (Å²) in [5, 5.41) is -2.66. The molecule has 1 aromatic heterocycles. The number of hydrogen-bond acceptors (Lipinski definition) is 4. The summed E-state index contributed by atoms with van der Waals surface area (Å²) in [6, 6.07) is 13.0. The van der Waals surface area contributed by atoms with Gasteiger partial charge in [-0.1, -0.05) is 36.0 Å². The molecular weight excluding hydrogens is 396 g/mol. The van der Waals surface area contributed by atoms with Crippen LogP contribution in [0.15, 0.2) is 62.6 Å². The number of amides is 1. The van der Waals surface area contributed by atoms with Gasteiger partial charge >= 0.3 is 5.63 Å². The molecule has 3 aromatic rings. The van der Waals surface area contributed by atoms with Crippen molar-refractivity contribution in [3.8, 4) is 0 Å². The van der Waals surface area contributed by atoms with Crippen LogP contribution in [0.4, 0.5) is 14.5 Å². The number of carbonyl (C=O) groups is 1. The van der Waals surface area contributed by atoms with Crippen molar-refractivity contribution in [1.29, 1.82) is 0 Å². The van der Waals surface area contributed by atoms with Crippen molar-refractivity contribution in [2.24, 2.45) is 0 Å². The molecule has 0 fully saturated rings. The third-order valence-electron chi connectivity index (χ3n) is 5.27. The van der Waals surface area contributed by atoms with Gasteiger partial charge in [0.05, 0.1) is 11.1 Å². The highest BCUT2D eigenvalue weighted by Gasteiger charge is 2.50. The molecule has 7 heteroatoms. The number of halogens is 2. The third-order valence-corrected chi connectivity index (χ3v) is 6.22. The molecule has 4 nitrogen and oxygen atoms in total. The highest BCUT2D eigenvalue weighted by Crippen LogP contribution is 2.50. The van der Waals surface area contributed by atoms with Crippen molar-refractivity contribution >= 4 is 34.3 Å². The molecule has 0 bridgehead atoms. The molecule has 0 saturated carbocycles. The molecule has 0 saturated heterocycles. The number of carbonyl (C=O) groups excluding carboxylic acids is 1. The lowest BCUT2D eigenvalue weighted by Gasteiger charge is -2.40. The minimum atomic E-state index is -3.18. The first-order valence-electron chi connectivity index (χ1n) is 9.10. The Morgan fingerprint density at radius 3 is 2.52 bits per heavy atom. The third kappa shape index (κ3) is 3.33. The number of thioether (sulfide) groups is 1. The molecule has 1 amide bonds. The van der Waals surface area contributed by atoms with E-state index in [-0.39, 0.29) is 0 Å². The summed E-state index contributed by atoms with van der Waals surface area (Å²) in [7, 11) is 1.50. The van der Waals surface area contributed by atoms with Crippen LogP contribution in [-0.2, 0) is 10.2 Å². The number of hydrogen-bond donors (Lipinski definition) is 0. The predicted molar refractivity (Wildman–Crippen MR) is 110 cm³/mol. The Balaban J connectivity index is 1.86. The smallest absolute Gasteiger partial charge is 0.338 e. The van der Waals surface area contributed by atoms with E-state index in [0.29, 0.717) is 38.9 Å². The molecule has 0 aliphatic carbocycles. The number of anilines is 1. The SMILES string of the molecule is Cc1cc2c3c(cc(=O)oc3c1)N(C)C(=O)C2(C)CC(F)(F)Sc1ccccc1. The van der Waals surface area contributed by atoms with Gasteiger partial charge in [-0.05, 0) is 43.2 Å². The van der Waals surface area contributed by atoms with Crippen molar-refractivity contribution in [2.75, 3.05) is 11.9 Å². The van der Waals surface area contributed by atoms with Crippen molar-refractivity contribution in [3.63, 3.8) is 0 Å². The van der Waals surface area contributed by atoms with Crippen LogP contribution in [0.25, 0.3) is 11.0 Å². The largest absolute Gasteiger partial charge is 0.423 e. The molecule has 2 aromatic carbocycles. The highest BCUT2D eigenvalue weighted by molar-refractivity contribution is 8.00. The monoisotopic (exact) mass is 415 g/mol. The average molecular weight is 415 g/mol. The van der Waals surface area contributed by atoms with Crippen LogP contribution in [-0.4, -0.2) is 18.2 Å². The number of alkyl halides is 2. The Labute approximate surface area is 170 Å². The lowest BCUT2D eigenvalue weighted by Crippen LogP contribution is -2.49. The normalized spacial score (nSPS) is 19.1. The van der Waals surface area contributed by atoms with Crippen molar-refractivity contribution in [1.82, 2.24) is 0 Å².